The number of nitrogens with zero attached hydrogens (tertiary/aromatic N) is 2. The van der Waals surface area contributed by atoms with Gasteiger partial charge in [0.2, 0.25) is 0 Å². The molecule has 1 aliphatic heterocycles. The second kappa shape index (κ2) is 5.05. The molecule has 0 atom stereocenters. The molecular weight excluding hydrogens is 216 g/mol. The molecule has 0 spiro atoms. The average molecular weight is 238 g/mol. The minimum absolute atomic E-state index is 0.0827. The highest BCUT2D eigenvalue weighted by Crippen LogP contribution is 2.34. The third-order valence-corrected chi connectivity index (χ3v) is 3.26. The monoisotopic (exact) mass is 238 g/mol. The first-order valence-corrected chi connectivity index (χ1v) is 6.11. The summed E-state index contributed by atoms with van der Waals surface area (Å²) >= 11 is 0. The summed E-state index contributed by atoms with van der Waals surface area (Å²) in [6, 6.07) is 2.23. The van der Waals surface area contributed by atoms with Crippen molar-refractivity contribution in [2.45, 2.75) is 47.0 Å². The smallest absolute Gasteiger partial charge is 0.330 e. The summed E-state index contributed by atoms with van der Waals surface area (Å²) < 4.78 is 0. The molecule has 0 unspecified atom stereocenters. The van der Waals surface area contributed by atoms with E-state index in [9.17, 15) is 4.79 Å². The van der Waals surface area contributed by atoms with Crippen LogP contribution in [0.15, 0.2) is 0 Å². The molecule has 0 saturated carbocycles. The van der Waals surface area contributed by atoms with Gasteiger partial charge in [0, 0.05) is 19.5 Å². The van der Waals surface area contributed by atoms with Crippen molar-refractivity contribution in [2.24, 2.45) is 10.8 Å². The molecular formula is C13H22N2O2. The lowest BCUT2D eigenvalue weighted by Crippen LogP contribution is -2.41. The van der Waals surface area contributed by atoms with Crippen molar-refractivity contribution in [3.63, 3.8) is 0 Å². The van der Waals surface area contributed by atoms with Crippen LogP contribution >= 0.6 is 0 Å². The van der Waals surface area contributed by atoms with Gasteiger partial charge in [-0.25, -0.2) is 4.79 Å². The SMILES string of the molecule is CC1(CC#N)CCN(OC(=O)C(C)(C)C)CC1. The van der Waals surface area contributed by atoms with Crippen LogP contribution in [0.5, 0.6) is 0 Å². The van der Waals surface area contributed by atoms with Crippen molar-refractivity contribution in [3.8, 4) is 6.07 Å². The molecule has 1 aliphatic rings. The molecule has 1 rings (SSSR count). The maximum atomic E-state index is 11.7. The van der Waals surface area contributed by atoms with Crippen LogP contribution in [0.3, 0.4) is 0 Å². The van der Waals surface area contributed by atoms with E-state index in [2.05, 4.69) is 13.0 Å². The van der Waals surface area contributed by atoms with Crippen molar-refractivity contribution in [1.29, 1.82) is 5.26 Å². The number of carbonyl (C=O) groups excluding carboxylic acids is 1. The molecule has 0 radical (unpaired) electrons. The Labute approximate surface area is 103 Å². The molecule has 4 nitrogen and oxygen atoms in total. The lowest BCUT2D eigenvalue weighted by molar-refractivity contribution is -0.208. The normalized spacial score (nSPS) is 20.6. The quantitative estimate of drug-likeness (QED) is 0.741. The average Bonchev–Trinajstić information content (AvgIpc) is 2.20. The van der Waals surface area contributed by atoms with Crippen LogP contribution in [0.4, 0.5) is 0 Å². The molecule has 1 saturated heterocycles. The van der Waals surface area contributed by atoms with Crippen LogP contribution < -0.4 is 0 Å². The van der Waals surface area contributed by atoms with Gasteiger partial charge in [0.1, 0.15) is 0 Å². The summed E-state index contributed by atoms with van der Waals surface area (Å²) in [5.74, 6) is -0.193. The Bertz CT molecular complexity index is 317. The van der Waals surface area contributed by atoms with Gasteiger partial charge >= 0.3 is 5.97 Å². The first kappa shape index (κ1) is 14.0. The van der Waals surface area contributed by atoms with E-state index in [1.807, 2.05) is 20.8 Å². The predicted octanol–water partition coefficient (Wildman–Crippen LogP) is 2.51. The Hall–Kier alpha value is -1.08. The number of hydroxylamine groups is 2. The molecule has 1 heterocycles. The minimum Gasteiger partial charge on any atom is -0.367 e. The summed E-state index contributed by atoms with van der Waals surface area (Å²) in [6.45, 7) is 9.11. The summed E-state index contributed by atoms with van der Waals surface area (Å²) in [4.78, 5) is 17.0. The van der Waals surface area contributed by atoms with Gasteiger partial charge in [-0.2, -0.15) is 5.26 Å². The Morgan fingerprint density at radius 2 is 1.94 bits per heavy atom. The van der Waals surface area contributed by atoms with Crippen molar-refractivity contribution in [3.05, 3.63) is 0 Å². The topological polar surface area (TPSA) is 53.3 Å². The lowest BCUT2D eigenvalue weighted by atomic mass is 9.78. The Balaban J connectivity index is 2.43. The van der Waals surface area contributed by atoms with E-state index in [4.69, 9.17) is 10.1 Å². The molecule has 0 aromatic rings. The van der Waals surface area contributed by atoms with E-state index < -0.39 is 5.41 Å². The zero-order valence-electron chi connectivity index (χ0n) is 11.2. The predicted molar refractivity (Wildman–Crippen MR) is 64.7 cm³/mol. The van der Waals surface area contributed by atoms with Crippen molar-refractivity contribution < 1.29 is 9.63 Å². The molecule has 4 heteroatoms. The first-order valence-electron chi connectivity index (χ1n) is 6.11. The van der Waals surface area contributed by atoms with Gasteiger partial charge in [-0.1, -0.05) is 6.92 Å². The summed E-state index contributed by atoms with van der Waals surface area (Å²) in [5, 5.41) is 10.5. The third kappa shape index (κ3) is 4.01. The number of carbonyl (C=O) groups is 1. The van der Waals surface area contributed by atoms with E-state index in [1.165, 1.54) is 0 Å². The van der Waals surface area contributed by atoms with Gasteiger partial charge in [0.15, 0.2) is 0 Å². The second-order valence-corrected chi connectivity index (χ2v) is 6.20. The van der Waals surface area contributed by atoms with Gasteiger partial charge < -0.3 is 4.84 Å². The molecule has 0 N–H and O–H groups in total. The van der Waals surface area contributed by atoms with E-state index in [-0.39, 0.29) is 11.4 Å². The van der Waals surface area contributed by atoms with Gasteiger partial charge in [-0.3, -0.25) is 0 Å². The van der Waals surface area contributed by atoms with E-state index in [0.29, 0.717) is 6.42 Å². The number of hydrogen-bond acceptors (Lipinski definition) is 4. The summed E-state index contributed by atoms with van der Waals surface area (Å²) in [6.07, 6.45) is 2.38. The van der Waals surface area contributed by atoms with E-state index >= 15 is 0 Å². The van der Waals surface area contributed by atoms with Crippen molar-refractivity contribution in [1.82, 2.24) is 5.06 Å². The van der Waals surface area contributed by atoms with Crippen LogP contribution in [0, 0.1) is 22.2 Å². The largest absolute Gasteiger partial charge is 0.367 e. The summed E-state index contributed by atoms with van der Waals surface area (Å²) in [7, 11) is 0. The zero-order valence-corrected chi connectivity index (χ0v) is 11.2. The highest BCUT2D eigenvalue weighted by Gasteiger charge is 2.33. The molecule has 0 aromatic carbocycles. The maximum Gasteiger partial charge on any atom is 0.330 e. The number of nitriles is 1. The van der Waals surface area contributed by atoms with E-state index in [0.717, 1.165) is 25.9 Å². The number of rotatable bonds is 2. The van der Waals surface area contributed by atoms with Crippen molar-refractivity contribution >= 4 is 5.97 Å². The Morgan fingerprint density at radius 1 is 1.41 bits per heavy atom. The molecule has 1 fully saturated rings. The highest BCUT2D eigenvalue weighted by molar-refractivity contribution is 5.75. The number of hydrogen-bond donors (Lipinski definition) is 0. The minimum atomic E-state index is -0.465. The van der Waals surface area contributed by atoms with Crippen LogP contribution in [0.1, 0.15) is 47.0 Å². The van der Waals surface area contributed by atoms with Gasteiger partial charge in [0.05, 0.1) is 11.5 Å². The highest BCUT2D eigenvalue weighted by atomic mass is 16.7. The molecule has 96 valence electrons. The molecule has 0 aromatic heterocycles. The van der Waals surface area contributed by atoms with Gasteiger partial charge in [-0.05, 0) is 39.0 Å². The summed E-state index contributed by atoms with van der Waals surface area (Å²) in [5.41, 5.74) is -0.382. The molecule has 0 aliphatic carbocycles. The first-order chi connectivity index (χ1) is 7.77. The van der Waals surface area contributed by atoms with Crippen LogP contribution in [0.2, 0.25) is 0 Å². The fourth-order valence-electron chi connectivity index (χ4n) is 1.74. The fraction of sp³-hybridized carbons (Fsp3) is 0.846. The maximum absolute atomic E-state index is 11.7. The van der Waals surface area contributed by atoms with Gasteiger partial charge in [0.25, 0.3) is 0 Å². The van der Waals surface area contributed by atoms with Crippen LogP contribution in [-0.2, 0) is 9.63 Å². The van der Waals surface area contributed by atoms with Crippen LogP contribution in [-0.4, -0.2) is 24.1 Å². The Morgan fingerprint density at radius 3 is 2.35 bits per heavy atom. The zero-order chi connectivity index (χ0) is 13.1. The molecule has 17 heavy (non-hydrogen) atoms. The lowest BCUT2D eigenvalue weighted by Gasteiger charge is -2.37. The van der Waals surface area contributed by atoms with Gasteiger partial charge in [-0.15, -0.1) is 5.06 Å². The Kier molecular flexibility index (Phi) is 4.16. The third-order valence-electron chi connectivity index (χ3n) is 3.26. The fourth-order valence-corrected chi connectivity index (χ4v) is 1.74. The standard InChI is InChI=1S/C13H22N2O2/c1-12(2,3)11(16)17-15-9-6-13(4,5-8-14)7-10-15/h5-7,9-10H2,1-4H3. The number of piperidine rings is 1. The van der Waals surface area contributed by atoms with Crippen LogP contribution in [0.25, 0.3) is 0 Å². The molecule has 0 bridgehead atoms. The second-order valence-electron chi connectivity index (χ2n) is 6.20. The van der Waals surface area contributed by atoms with Crippen molar-refractivity contribution in [2.75, 3.05) is 13.1 Å². The molecule has 0 amide bonds. The van der Waals surface area contributed by atoms with E-state index in [1.54, 1.807) is 5.06 Å².